The van der Waals surface area contributed by atoms with E-state index in [4.69, 9.17) is 20.5 Å². The van der Waals surface area contributed by atoms with Gasteiger partial charge in [0.05, 0.1) is 5.56 Å². The Kier molecular flexibility index (Phi) is 5.21. The molecular weight excluding hydrogens is 372 g/mol. The van der Waals surface area contributed by atoms with Gasteiger partial charge in [-0.2, -0.15) is 0 Å². The predicted molar refractivity (Wildman–Crippen MR) is 117 cm³/mol. The lowest BCUT2D eigenvalue weighted by atomic mass is 10.1. The van der Waals surface area contributed by atoms with Crippen molar-refractivity contribution in [3.63, 3.8) is 0 Å². The normalized spacial score (nSPS) is 17.8. The molecule has 0 aliphatic carbocycles. The van der Waals surface area contributed by atoms with Crippen LogP contribution >= 0.6 is 11.6 Å². The van der Waals surface area contributed by atoms with Crippen LogP contribution in [0.2, 0.25) is 10.1 Å². The maximum absolute atomic E-state index is 6.84. The molecule has 0 saturated carbocycles. The molecule has 0 unspecified atom stereocenters. The van der Waals surface area contributed by atoms with Gasteiger partial charge >= 0.3 is 8.56 Å². The lowest BCUT2D eigenvalue weighted by Gasteiger charge is -2.51. The summed E-state index contributed by atoms with van der Waals surface area (Å²) in [6.45, 7) is 13.4. The van der Waals surface area contributed by atoms with Gasteiger partial charge in [0.2, 0.25) is 0 Å². The first-order valence-corrected chi connectivity index (χ1v) is 11.8. The van der Waals surface area contributed by atoms with Gasteiger partial charge in [-0.3, -0.25) is 0 Å². The summed E-state index contributed by atoms with van der Waals surface area (Å²) < 4.78 is 13.6. The van der Waals surface area contributed by atoms with Crippen LogP contribution in [0.4, 0.5) is 0 Å². The molecule has 1 aliphatic heterocycles. The molecule has 0 fully saturated rings. The zero-order valence-corrected chi connectivity index (χ0v) is 18.9. The Morgan fingerprint density at radius 1 is 0.852 bits per heavy atom. The van der Waals surface area contributed by atoms with E-state index >= 15 is 0 Å². The zero-order chi connectivity index (χ0) is 19.9. The fourth-order valence-corrected chi connectivity index (χ4v) is 8.50. The molecule has 2 aromatic carbocycles. The summed E-state index contributed by atoms with van der Waals surface area (Å²) in [5.41, 5.74) is 3.22. The van der Waals surface area contributed by atoms with Crippen LogP contribution in [0.3, 0.4) is 0 Å². The summed E-state index contributed by atoms with van der Waals surface area (Å²) in [6.07, 6.45) is 2.12. The van der Waals surface area contributed by atoms with E-state index in [9.17, 15) is 0 Å². The smallest absolute Gasteiger partial charge is 0.471 e. The maximum Gasteiger partial charge on any atom is 0.471 e. The van der Waals surface area contributed by atoms with Gasteiger partial charge in [0.25, 0.3) is 0 Å². The van der Waals surface area contributed by atoms with E-state index in [-0.39, 0.29) is 10.1 Å². The summed E-state index contributed by atoms with van der Waals surface area (Å²) >= 11 is 5.92. The van der Waals surface area contributed by atoms with Crippen molar-refractivity contribution in [1.82, 2.24) is 0 Å². The third-order valence-corrected chi connectivity index (χ3v) is 10.3. The number of hydrogen-bond acceptors (Lipinski definition) is 2. The van der Waals surface area contributed by atoms with E-state index < -0.39 is 8.56 Å². The maximum atomic E-state index is 6.84. The number of fused-ring (bicyclic) bond motifs is 1. The Hall–Kier alpha value is -1.71. The first-order chi connectivity index (χ1) is 12.6. The third-order valence-electron chi connectivity index (χ3n) is 5.07. The van der Waals surface area contributed by atoms with Gasteiger partial charge in [-0.1, -0.05) is 77.9 Å². The fourth-order valence-electron chi connectivity index (χ4n) is 3.84. The van der Waals surface area contributed by atoms with Gasteiger partial charge in [-0.25, -0.2) is 0 Å². The first-order valence-electron chi connectivity index (χ1n) is 9.41. The Balaban J connectivity index is 2.16. The van der Waals surface area contributed by atoms with Crippen LogP contribution in [-0.2, 0) is 10.3 Å². The molecule has 0 aromatic heterocycles. The van der Waals surface area contributed by atoms with Crippen LogP contribution in [0.15, 0.2) is 48.5 Å². The molecule has 0 radical (unpaired) electrons. The van der Waals surface area contributed by atoms with E-state index in [1.165, 1.54) is 0 Å². The van der Waals surface area contributed by atoms with E-state index in [1.54, 1.807) is 0 Å². The molecule has 0 amide bonds. The molecule has 0 N–H and O–H groups in total. The third kappa shape index (κ3) is 3.68. The number of benzene rings is 2. The molecular formula is C23H29ClO2Si. The van der Waals surface area contributed by atoms with Crippen molar-refractivity contribution in [3.8, 4) is 5.75 Å². The summed E-state index contributed by atoms with van der Waals surface area (Å²) in [6, 6.07) is 16.5. The fraction of sp³-hybridized carbons (Fsp3) is 0.391. The quantitative estimate of drug-likeness (QED) is 0.386. The second kappa shape index (κ2) is 7.03. The Morgan fingerprint density at radius 3 is 2.00 bits per heavy atom. The SMILES string of the molecule is CC(C)(C)[Si]1(C(C)(C)C)O/C(=C\c2ccc(CCl)cc2)c2ccccc2O1. The van der Waals surface area contributed by atoms with Crippen molar-refractivity contribution in [2.24, 2.45) is 0 Å². The van der Waals surface area contributed by atoms with E-state index in [1.807, 2.05) is 12.1 Å². The Bertz CT molecular complexity index is 828. The summed E-state index contributed by atoms with van der Waals surface area (Å²) in [4.78, 5) is 0. The average molecular weight is 401 g/mol. The molecule has 2 aromatic rings. The second-order valence-corrected chi connectivity index (χ2v) is 14.1. The predicted octanol–water partition coefficient (Wildman–Crippen LogP) is 7.37. The number of alkyl halides is 1. The summed E-state index contributed by atoms with van der Waals surface area (Å²) in [5, 5.41) is -0.194. The largest absolute Gasteiger partial charge is 0.511 e. The Morgan fingerprint density at radius 2 is 1.44 bits per heavy atom. The number of hydrogen-bond donors (Lipinski definition) is 0. The number of rotatable bonds is 2. The highest BCUT2D eigenvalue weighted by Crippen LogP contribution is 2.56. The molecule has 27 heavy (non-hydrogen) atoms. The number of halogens is 1. The molecule has 1 heterocycles. The lowest BCUT2D eigenvalue weighted by Crippen LogP contribution is -2.60. The highest BCUT2D eigenvalue weighted by molar-refractivity contribution is 6.75. The van der Waals surface area contributed by atoms with Crippen LogP contribution in [0.25, 0.3) is 11.8 Å². The van der Waals surface area contributed by atoms with Crippen LogP contribution in [0.5, 0.6) is 5.75 Å². The molecule has 0 spiro atoms. The minimum Gasteiger partial charge on any atom is -0.511 e. The monoisotopic (exact) mass is 400 g/mol. The molecule has 0 bridgehead atoms. The van der Waals surface area contributed by atoms with Gasteiger partial charge in [0.1, 0.15) is 11.5 Å². The lowest BCUT2D eigenvalue weighted by molar-refractivity contribution is 0.262. The molecule has 3 rings (SSSR count). The standard InChI is InChI=1S/C23H29ClO2Si/c1-22(2,3)27(23(4,5)6)25-20-10-8-7-9-19(20)21(26-27)15-17-11-13-18(16-24)14-12-17/h7-15H,16H2,1-6H3/b21-15-. The average Bonchev–Trinajstić information content (AvgIpc) is 2.60. The topological polar surface area (TPSA) is 18.5 Å². The number of para-hydroxylation sites is 1. The van der Waals surface area contributed by atoms with Crippen molar-refractivity contribution < 1.29 is 8.85 Å². The highest BCUT2D eigenvalue weighted by atomic mass is 35.5. The summed E-state index contributed by atoms with van der Waals surface area (Å²) in [7, 11) is -2.66. The van der Waals surface area contributed by atoms with Gasteiger partial charge in [0, 0.05) is 16.0 Å². The minimum absolute atomic E-state index is 0.0969. The van der Waals surface area contributed by atoms with Gasteiger partial charge < -0.3 is 8.85 Å². The van der Waals surface area contributed by atoms with E-state index in [2.05, 4.69) is 84.0 Å². The van der Waals surface area contributed by atoms with Gasteiger partial charge in [-0.05, 0) is 29.3 Å². The van der Waals surface area contributed by atoms with E-state index in [0.717, 1.165) is 28.2 Å². The Labute approximate surface area is 169 Å². The van der Waals surface area contributed by atoms with Crippen LogP contribution < -0.4 is 4.43 Å². The van der Waals surface area contributed by atoms with Gasteiger partial charge in [-0.15, -0.1) is 11.6 Å². The molecule has 0 saturated heterocycles. The van der Waals surface area contributed by atoms with Crippen molar-refractivity contribution >= 4 is 32.0 Å². The van der Waals surface area contributed by atoms with Crippen LogP contribution in [0, 0.1) is 0 Å². The summed E-state index contributed by atoms with van der Waals surface area (Å²) in [5.74, 6) is 2.34. The van der Waals surface area contributed by atoms with Crippen LogP contribution in [0.1, 0.15) is 58.2 Å². The van der Waals surface area contributed by atoms with Crippen molar-refractivity contribution in [2.75, 3.05) is 0 Å². The van der Waals surface area contributed by atoms with E-state index in [0.29, 0.717) is 5.88 Å². The van der Waals surface area contributed by atoms with Gasteiger partial charge in [0.15, 0.2) is 0 Å². The van der Waals surface area contributed by atoms with Crippen molar-refractivity contribution in [2.45, 2.75) is 57.5 Å². The molecule has 2 nitrogen and oxygen atoms in total. The molecule has 4 heteroatoms. The van der Waals surface area contributed by atoms with Crippen LogP contribution in [-0.4, -0.2) is 8.56 Å². The zero-order valence-electron chi connectivity index (χ0n) is 17.1. The highest BCUT2D eigenvalue weighted by Gasteiger charge is 2.64. The molecule has 1 aliphatic rings. The van der Waals surface area contributed by atoms with Crippen molar-refractivity contribution in [1.29, 1.82) is 0 Å². The minimum atomic E-state index is -2.66. The van der Waals surface area contributed by atoms with Crippen molar-refractivity contribution in [3.05, 3.63) is 65.2 Å². The second-order valence-electron chi connectivity index (χ2n) is 9.20. The molecule has 144 valence electrons. The molecule has 0 atom stereocenters. The first kappa shape index (κ1) is 20.0.